The number of hydrogen-bond acceptors (Lipinski definition) is 5. The molecule has 0 aliphatic rings. The maximum Gasteiger partial charge on any atom is 0.292 e. The molecular weight excluding hydrogens is 362 g/mol. The first-order chi connectivity index (χ1) is 13.3. The van der Waals surface area contributed by atoms with Gasteiger partial charge in [0.25, 0.3) is 5.91 Å². The first-order valence-corrected chi connectivity index (χ1v) is 9.28. The van der Waals surface area contributed by atoms with Crippen molar-refractivity contribution in [3.05, 3.63) is 88.6 Å². The minimum atomic E-state index is -0.325. The maximum absolute atomic E-state index is 12.5. The lowest BCUT2D eigenvalue weighted by atomic mass is 10.3. The number of anilines is 1. The van der Waals surface area contributed by atoms with Gasteiger partial charge in [0.15, 0.2) is 5.76 Å². The van der Waals surface area contributed by atoms with Gasteiger partial charge in [-0.1, -0.05) is 24.3 Å². The van der Waals surface area contributed by atoms with Crippen LogP contribution in [0.1, 0.15) is 21.2 Å². The van der Waals surface area contributed by atoms with Crippen LogP contribution in [-0.4, -0.2) is 15.7 Å². The van der Waals surface area contributed by atoms with E-state index in [0.717, 1.165) is 10.6 Å². The van der Waals surface area contributed by atoms with Crippen molar-refractivity contribution in [3.63, 3.8) is 0 Å². The summed E-state index contributed by atoms with van der Waals surface area (Å²) in [4.78, 5) is 13.6. The standard InChI is InChI=1S/C20H17N3O3S/c24-20(22-19-10-11-21-23(19)13-17-7-4-12-27-17)18-9-8-16(26-18)14-25-15-5-2-1-3-6-15/h1-12H,13-14H2,(H,22,24). The quantitative estimate of drug-likeness (QED) is 0.516. The summed E-state index contributed by atoms with van der Waals surface area (Å²) in [5.74, 6) is 1.85. The van der Waals surface area contributed by atoms with Crippen LogP contribution in [-0.2, 0) is 13.2 Å². The lowest BCUT2D eigenvalue weighted by Crippen LogP contribution is -2.15. The van der Waals surface area contributed by atoms with E-state index in [1.54, 1.807) is 40.4 Å². The van der Waals surface area contributed by atoms with Crippen LogP contribution in [0.25, 0.3) is 0 Å². The highest BCUT2D eigenvalue weighted by Crippen LogP contribution is 2.17. The first kappa shape index (κ1) is 17.1. The highest BCUT2D eigenvalue weighted by Gasteiger charge is 2.14. The fourth-order valence-corrected chi connectivity index (χ4v) is 3.23. The van der Waals surface area contributed by atoms with Gasteiger partial charge < -0.3 is 14.5 Å². The highest BCUT2D eigenvalue weighted by molar-refractivity contribution is 7.09. The predicted octanol–water partition coefficient (Wildman–Crippen LogP) is 4.42. The number of rotatable bonds is 7. The Hall–Kier alpha value is -3.32. The average Bonchev–Trinajstić information content (AvgIpc) is 3.44. The molecule has 0 saturated heterocycles. The van der Waals surface area contributed by atoms with Crippen molar-refractivity contribution in [1.82, 2.24) is 9.78 Å². The number of aromatic nitrogens is 2. The molecule has 0 aliphatic heterocycles. The Balaban J connectivity index is 1.38. The first-order valence-electron chi connectivity index (χ1n) is 8.40. The number of thiophene rings is 1. The Morgan fingerprint density at radius 1 is 1.11 bits per heavy atom. The summed E-state index contributed by atoms with van der Waals surface area (Å²) in [5, 5.41) is 9.11. The van der Waals surface area contributed by atoms with Crippen LogP contribution in [0.15, 0.2) is 76.7 Å². The average molecular weight is 379 g/mol. The molecule has 0 radical (unpaired) electrons. The van der Waals surface area contributed by atoms with Crippen molar-refractivity contribution in [2.24, 2.45) is 0 Å². The molecule has 0 bridgehead atoms. The van der Waals surface area contributed by atoms with Crippen LogP contribution < -0.4 is 10.1 Å². The van der Waals surface area contributed by atoms with E-state index >= 15 is 0 Å². The van der Waals surface area contributed by atoms with Crippen molar-refractivity contribution >= 4 is 23.1 Å². The molecule has 7 heteroatoms. The van der Waals surface area contributed by atoms with Crippen molar-refractivity contribution in [1.29, 1.82) is 0 Å². The summed E-state index contributed by atoms with van der Waals surface area (Å²) in [5.41, 5.74) is 0. The van der Waals surface area contributed by atoms with Crippen molar-refractivity contribution in [2.45, 2.75) is 13.2 Å². The molecule has 0 spiro atoms. The zero-order valence-corrected chi connectivity index (χ0v) is 15.2. The predicted molar refractivity (Wildman–Crippen MR) is 103 cm³/mol. The second-order valence-electron chi connectivity index (χ2n) is 5.78. The van der Waals surface area contributed by atoms with Gasteiger partial charge in [-0.05, 0) is 35.7 Å². The number of amides is 1. The van der Waals surface area contributed by atoms with Crippen LogP contribution in [0, 0.1) is 0 Å². The molecule has 27 heavy (non-hydrogen) atoms. The number of nitrogens with one attached hydrogen (secondary N) is 1. The Labute approximate surface area is 160 Å². The number of carbonyl (C=O) groups is 1. The van der Waals surface area contributed by atoms with Crippen LogP contribution in [0.4, 0.5) is 5.82 Å². The molecular formula is C20H17N3O3S. The lowest BCUT2D eigenvalue weighted by molar-refractivity contribution is 0.0991. The zero-order valence-electron chi connectivity index (χ0n) is 14.4. The van der Waals surface area contributed by atoms with Crippen LogP contribution >= 0.6 is 11.3 Å². The highest BCUT2D eigenvalue weighted by atomic mass is 32.1. The third-order valence-corrected chi connectivity index (χ3v) is 4.71. The molecule has 1 aromatic carbocycles. The van der Waals surface area contributed by atoms with Gasteiger partial charge in [0.05, 0.1) is 12.7 Å². The topological polar surface area (TPSA) is 69.3 Å². The van der Waals surface area contributed by atoms with Gasteiger partial charge >= 0.3 is 0 Å². The number of carbonyl (C=O) groups excluding carboxylic acids is 1. The molecule has 3 heterocycles. The molecule has 6 nitrogen and oxygen atoms in total. The number of nitrogens with zero attached hydrogens (tertiary/aromatic N) is 2. The molecule has 0 atom stereocenters. The minimum Gasteiger partial charge on any atom is -0.486 e. The molecule has 0 fully saturated rings. The largest absolute Gasteiger partial charge is 0.486 e. The van der Waals surface area contributed by atoms with E-state index in [9.17, 15) is 4.79 Å². The van der Waals surface area contributed by atoms with E-state index in [4.69, 9.17) is 9.15 Å². The van der Waals surface area contributed by atoms with Crippen LogP contribution in [0.5, 0.6) is 5.75 Å². The fraction of sp³-hybridized carbons (Fsp3) is 0.100. The van der Waals surface area contributed by atoms with Gasteiger partial charge in [-0.3, -0.25) is 4.79 Å². The number of hydrogen-bond donors (Lipinski definition) is 1. The summed E-state index contributed by atoms with van der Waals surface area (Å²) >= 11 is 1.65. The number of benzene rings is 1. The summed E-state index contributed by atoms with van der Waals surface area (Å²) in [6.45, 7) is 0.863. The van der Waals surface area contributed by atoms with Gasteiger partial charge in [-0.15, -0.1) is 11.3 Å². The van der Waals surface area contributed by atoms with Crippen molar-refractivity contribution in [2.75, 3.05) is 5.32 Å². The molecule has 4 aromatic rings. The Bertz CT molecular complexity index is 1010. The molecule has 0 aliphatic carbocycles. The number of ether oxygens (including phenoxy) is 1. The van der Waals surface area contributed by atoms with Gasteiger partial charge in [-0.2, -0.15) is 5.10 Å². The fourth-order valence-electron chi connectivity index (χ4n) is 2.54. The molecule has 136 valence electrons. The maximum atomic E-state index is 12.5. The second-order valence-corrected chi connectivity index (χ2v) is 6.81. The molecule has 1 amide bonds. The summed E-state index contributed by atoms with van der Waals surface area (Å²) in [6, 6.07) is 18.6. The smallest absolute Gasteiger partial charge is 0.292 e. The van der Waals surface area contributed by atoms with Crippen LogP contribution in [0.3, 0.4) is 0 Å². The summed E-state index contributed by atoms with van der Waals surface area (Å²) in [7, 11) is 0. The summed E-state index contributed by atoms with van der Waals surface area (Å²) in [6.07, 6.45) is 1.66. The monoisotopic (exact) mass is 379 g/mol. The van der Waals surface area contributed by atoms with E-state index in [1.165, 1.54) is 0 Å². The van der Waals surface area contributed by atoms with Gasteiger partial charge in [0.1, 0.15) is 23.9 Å². The second kappa shape index (κ2) is 7.92. The third-order valence-electron chi connectivity index (χ3n) is 3.85. The Morgan fingerprint density at radius 3 is 2.81 bits per heavy atom. The SMILES string of the molecule is O=C(Nc1ccnn1Cc1cccs1)c1ccc(COc2ccccc2)o1. The van der Waals surface area contributed by atoms with Crippen molar-refractivity contribution in [3.8, 4) is 5.75 Å². The molecule has 3 aromatic heterocycles. The third kappa shape index (κ3) is 4.27. The molecule has 4 rings (SSSR count). The van der Waals surface area contributed by atoms with E-state index < -0.39 is 0 Å². The van der Waals surface area contributed by atoms with E-state index in [0.29, 0.717) is 18.1 Å². The number of para-hydroxylation sites is 1. The molecule has 0 unspecified atom stereocenters. The van der Waals surface area contributed by atoms with Crippen molar-refractivity contribution < 1.29 is 13.9 Å². The number of furan rings is 1. The van der Waals surface area contributed by atoms with Gasteiger partial charge in [0.2, 0.25) is 0 Å². The molecule has 0 saturated carbocycles. The Kier molecular flexibility index (Phi) is 5.02. The van der Waals surface area contributed by atoms with E-state index in [2.05, 4.69) is 10.4 Å². The van der Waals surface area contributed by atoms with E-state index in [1.807, 2.05) is 47.8 Å². The van der Waals surface area contributed by atoms with Crippen LogP contribution in [0.2, 0.25) is 0 Å². The Morgan fingerprint density at radius 2 is 2.00 bits per heavy atom. The van der Waals surface area contributed by atoms with Gasteiger partial charge in [0, 0.05) is 10.9 Å². The zero-order chi connectivity index (χ0) is 18.5. The van der Waals surface area contributed by atoms with Gasteiger partial charge in [-0.25, -0.2) is 4.68 Å². The minimum absolute atomic E-state index is 0.227. The normalized spacial score (nSPS) is 10.7. The summed E-state index contributed by atoms with van der Waals surface area (Å²) < 4.78 is 13.0. The van der Waals surface area contributed by atoms with E-state index in [-0.39, 0.29) is 18.3 Å². The molecule has 1 N–H and O–H groups in total. The lowest BCUT2D eigenvalue weighted by Gasteiger charge is -2.07.